The second-order valence-corrected chi connectivity index (χ2v) is 6.12. The summed E-state index contributed by atoms with van der Waals surface area (Å²) in [6.45, 7) is 7.20. The van der Waals surface area contributed by atoms with Crippen LogP contribution in [0.2, 0.25) is 0 Å². The lowest BCUT2D eigenvalue weighted by molar-refractivity contribution is 0.119. The zero-order chi connectivity index (χ0) is 15.5. The van der Waals surface area contributed by atoms with Gasteiger partial charge in [0.05, 0.1) is 0 Å². The molecule has 2 saturated heterocycles. The van der Waals surface area contributed by atoms with E-state index >= 15 is 0 Å². The summed E-state index contributed by atoms with van der Waals surface area (Å²) in [7, 11) is 0. The van der Waals surface area contributed by atoms with Crippen molar-refractivity contribution in [3.8, 4) is 0 Å². The first-order chi connectivity index (χ1) is 10.6. The highest BCUT2D eigenvalue weighted by molar-refractivity contribution is 5.89. The normalized spacial score (nSPS) is 22.8. The molecule has 6 heteroatoms. The summed E-state index contributed by atoms with van der Waals surface area (Å²) in [5.41, 5.74) is 1.32. The number of hydrogen-bond donors (Lipinski definition) is 2. The third kappa shape index (κ3) is 3.56. The van der Waals surface area contributed by atoms with Crippen LogP contribution in [-0.4, -0.2) is 61.1 Å². The molecule has 0 radical (unpaired) electrons. The fraction of sp³-hybridized carbons (Fsp3) is 0.562. The van der Waals surface area contributed by atoms with E-state index in [9.17, 15) is 9.18 Å². The van der Waals surface area contributed by atoms with Crippen molar-refractivity contribution in [1.29, 1.82) is 0 Å². The quantitative estimate of drug-likeness (QED) is 0.873. The smallest absolute Gasteiger partial charge is 0.321 e. The van der Waals surface area contributed by atoms with Crippen LogP contribution in [0, 0.1) is 12.7 Å². The van der Waals surface area contributed by atoms with E-state index in [1.165, 1.54) is 18.6 Å². The Morgan fingerprint density at radius 3 is 2.68 bits per heavy atom. The summed E-state index contributed by atoms with van der Waals surface area (Å²) in [6.07, 6.45) is 1.19. The Morgan fingerprint density at radius 2 is 2.05 bits per heavy atom. The first-order valence-corrected chi connectivity index (χ1v) is 7.90. The number of benzene rings is 1. The molecule has 0 aromatic heterocycles. The van der Waals surface area contributed by atoms with E-state index in [-0.39, 0.29) is 11.8 Å². The van der Waals surface area contributed by atoms with Crippen LogP contribution in [-0.2, 0) is 0 Å². The van der Waals surface area contributed by atoms with Gasteiger partial charge in [-0.2, -0.15) is 0 Å². The molecule has 120 valence electrons. The van der Waals surface area contributed by atoms with Gasteiger partial charge in [-0.15, -0.1) is 0 Å². The number of anilines is 1. The standard InChI is InChI=1S/C16H23FN4O/c1-12-8-13(17)10-14(9-12)19-16(22)21-6-4-20(5-7-21)15-2-3-18-11-15/h8-10,15,18H,2-7,11H2,1H3,(H,19,22)/t15-/m0/s1. The molecule has 0 bridgehead atoms. The third-order valence-electron chi connectivity index (χ3n) is 4.45. The van der Waals surface area contributed by atoms with Crippen molar-refractivity contribution < 1.29 is 9.18 Å². The van der Waals surface area contributed by atoms with Crippen molar-refractivity contribution in [2.24, 2.45) is 0 Å². The lowest BCUT2D eigenvalue weighted by atomic mass is 10.2. The van der Waals surface area contributed by atoms with Crippen molar-refractivity contribution in [2.75, 3.05) is 44.6 Å². The van der Waals surface area contributed by atoms with Crippen molar-refractivity contribution >= 4 is 11.7 Å². The Balaban J connectivity index is 1.53. The third-order valence-corrected chi connectivity index (χ3v) is 4.45. The van der Waals surface area contributed by atoms with Crippen LogP contribution in [0.4, 0.5) is 14.9 Å². The number of rotatable bonds is 2. The number of urea groups is 1. The first-order valence-electron chi connectivity index (χ1n) is 7.90. The molecule has 1 atom stereocenters. The molecule has 5 nitrogen and oxygen atoms in total. The fourth-order valence-corrected chi connectivity index (χ4v) is 3.25. The number of nitrogens with zero attached hydrogens (tertiary/aromatic N) is 2. The van der Waals surface area contributed by atoms with Crippen LogP contribution in [0.1, 0.15) is 12.0 Å². The molecule has 2 aliphatic rings. The van der Waals surface area contributed by atoms with Gasteiger partial charge in [0.1, 0.15) is 5.82 Å². The van der Waals surface area contributed by atoms with Gasteiger partial charge in [-0.1, -0.05) is 0 Å². The number of aryl methyl sites for hydroxylation is 1. The average Bonchev–Trinajstić information content (AvgIpc) is 3.00. The Morgan fingerprint density at radius 1 is 1.27 bits per heavy atom. The zero-order valence-corrected chi connectivity index (χ0v) is 12.9. The number of halogens is 1. The van der Waals surface area contributed by atoms with Gasteiger partial charge in [-0.3, -0.25) is 4.90 Å². The molecule has 22 heavy (non-hydrogen) atoms. The summed E-state index contributed by atoms with van der Waals surface area (Å²) >= 11 is 0. The summed E-state index contributed by atoms with van der Waals surface area (Å²) in [5.74, 6) is -0.325. The molecule has 3 rings (SSSR count). The summed E-state index contributed by atoms with van der Waals surface area (Å²) in [4.78, 5) is 16.5. The molecule has 1 aromatic carbocycles. The summed E-state index contributed by atoms with van der Waals surface area (Å²) in [6, 6.07) is 5.04. The van der Waals surface area contributed by atoms with Gasteiger partial charge in [-0.05, 0) is 43.7 Å². The van der Waals surface area contributed by atoms with Gasteiger partial charge >= 0.3 is 6.03 Å². The van der Waals surface area contributed by atoms with E-state index in [4.69, 9.17) is 0 Å². The summed E-state index contributed by atoms with van der Waals surface area (Å²) < 4.78 is 13.4. The van der Waals surface area contributed by atoms with Crippen molar-refractivity contribution in [3.63, 3.8) is 0 Å². The Hall–Kier alpha value is -1.66. The maximum Gasteiger partial charge on any atom is 0.321 e. The lowest BCUT2D eigenvalue weighted by Gasteiger charge is -2.37. The molecule has 2 heterocycles. The molecular formula is C16H23FN4O. The Labute approximate surface area is 130 Å². The van der Waals surface area contributed by atoms with Crippen LogP contribution in [0.3, 0.4) is 0 Å². The van der Waals surface area contributed by atoms with Crippen LogP contribution < -0.4 is 10.6 Å². The SMILES string of the molecule is Cc1cc(F)cc(NC(=O)N2CCN([C@H]3CCNC3)CC2)c1. The van der Waals surface area contributed by atoms with Crippen LogP contribution >= 0.6 is 0 Å². The molecule has 0 spiro atoms. The van der Waals surface area contributed by atoms with Gasteiger partial charge in [0, 0.05) is 44.5 Å². The number of hydrogen-bond acceptors (Lipinski definition) is 3. The predicted octanol–water partition coefficient (Wildman–Crippen LogP) is 1.65. The molecule has 0 unspecified atom stereocenters. The van der Waals surface area contributed by atoms with Gasteiger partial charge in [0.15, 0.2) is 0 Å². The fourth-order valence-electron chi connectivity index (χ4n) is 3.25. The van der Waals surface area contributed by atoms with E-state index in [1.54, 1.807) is 11.0 Å². The van der Waals surface area contributed by atoms with Crippen molar-refractivity contribution in [1.82, 2.24) is 15.1 Å². The minimum absolute atomic E-state index is 0.144. The van der Waals surface area contributed by atoms with E-state index in [0.717, 1.165) is 44.8 Å². The largest absolute Gasteiger partial charge is 0.322 e. The molecule has 0 aliphatic carbocycles. The molecule has 2 amide bonds. The van der Waals surface area contributed by atoms with E-state index in [0.29, 0.717) is 11.7 Å². The molecule has 2 fully saturated rings. The topological polar surface area (TPSA) is 47.6 Å². The monoisotopic (exact) mass is 306 g/mol. The number of carbonyl (C=O) groups is 1. The molecular weight excluding hydrogens is 283 g/mol. The van der Waals surface area contributed by atoms with Crippen LogP contribution in [0.25, 0.3) is 0 Å². The lowest BCUT2D eigenvalue weighted by Crippen LogP contribution is -2.53. The molecule has 0 saturated carbocycles. The van der Waals surface area contributed by atoms with Crippen molar-refractivity contribution in [3.05, 3.63) is 29.6 Å². The van der Waals surface area contributed by atoms with E-state index in [1.807, 2.05) is 6.92 Å². The second-order valence-electron chi connectivity index (χ2n) is 6.12. The minimum Gasteiger partial charge on any atom is -0.322 e. The maximum absolute atomic E-state index is 13.4. The molecule has 2 aliphatic heterocycles. The highest BCUT2D eigenvalue weighted by Gasteiger charge is 2.27. The molecule has 1 aromatic rings. The minimum atomic E-state index is -0.325. The van der Waals surface area contributed by atoms with Crippen LogP contribution in [0.15, 0.2) is 18.2 Å². The average molecular weight is 306 g/mol. The van der Waals surface area contributed by atoms with Gasteiger partial charge in [0.2, 0.25) is 0 Å². The summed E-state index contributed by atoms with van der Waals surface area (Å²) in [5, 5.41) is 6.17. The second kappa shape index (κ2) is 6.62. The Bertz CT molecular complexity index is 517. The highest BCUT2D eigenvalue weighted by atomic mass is 19.1. The maximum atomic E-state index is 13.4. The van der Waals surface area contributed by atoms with E-state index < -0.39 is 0 Å². The van der Waals surface area contributed by atoms with Gasteiger partial charge in [0.25, 0.3) is 0 Å². The van der Waals surface area contributed by atoms with Crippen molar-refractivity contribution in [2.45, 2.75) is 19.4 Å². The predicted molar refractivity (Wildman–Crippen MR) is 84.6 cm³/mol. The Kier molecular flexibility index (Phi) is 4.59. The number of piperazine rings is 1. The van der Waals surface area contributed by atoms with Gasteiger partial charge < -0.3 is 15.5 Å². The zero-order valence-electron chi connectivity index (χ0n) is 12.9. The van der Waals surface area contributed by atoms with Gasteiger partial charge in [-0.25, -0.2) is 9.18 Å². The first kappa shape index (κ1) is 15.2. The number of carbonyl (C=O) groups excluding carboxylic acids is 1. The number of amides is 2. The number of nitrogens with one attached hydrogen (secondary N) is 2. The highest BCUT2D eigenvalue weighted by Crippen LogP contribution is 2.16. The van der Waals surface area contributed by atoms with Crippen LogP contribution in [0.5, 0.6) is 0 Å². The molecule has 2 N–H and O–H groups in total. The van der Waals surface area contributed by atoms with E-state index in [2.05, 4.69) is 15.5 Å².